The van der Waals surface area contributed by atoms with Crippen LogP contribution in [0.15, 0.2) is 41.0 Å². The Balaban J connectivity index is 1.15. The Bertz CT molecular complexity index is 1150. The normalized spacial score (nSPS) is 22.9. The van der Waals surface area contributed by atoms with Gasteiger partial charge in [-0.1, -0.05) is 0 Å². The molecule has 32 heavy (non-hydrogen) atoms. The van der Waals surface area contributed by atoms with Gasteiger partial charge in [0, 0.05) is 35.9 Å². The van der Waals surface area contributed by atoms with Crippen LogP contribution < -0.4 is 10.6 Å². The number of aromatic nitrogens is 6. The van der Waals surface area contributed by atoms with E-state index in [4.69, 9.17) is 4.99 Å². The number of hydrogen-bond donors (Lipinski definition) is 3. The second-order valence-electron chi connectivity index (χ2n) is 8.30. The van der Waals surface area contributed by atoms with Gasteiger partial charge >= 0.3 is 0 Å². The number of rotatable bonds is 5. The van der Waals surface area contributed by atoms with Gasteiger partial charge in [-0.05, 0) is 38.8 Å². The summed E-state index contributed by atoms with van der Waals surface area (Å²) in [5.41, 5.74) is 3.58. The second kappa shape index (κ2) is 8.29. The van der Waals surface area contributed by atoms with Crippen LogP contribution in [-0.4, -0.2) is 67.1 Å². The lowest BCUT2D eigenvalue weighted by Crippen LogP contribution is -2.28. The maximum atomic E-state index is 4.70. The molecular weight excluding hydrogens is 404 g/mol. The molecule has 0 bridgehead atoms. The fourth-order valence-electron chi connectivity index (χ4n) is 4.37. The molecule has 2 atom stereocenters. The fraction of sp³-hybridized carbons (Fsp3) is 0.409. The zero-order valence-corrected chi connectivity index (χ0v) is 17.6. The molecule has 0 aliphatic carbocycles. The van der Waals surface area contributed by atoms with Crippen LogP contribution in [0.25, 0.3) is 22.9 Å². The third-order valence-corrected chi connectivity index (χ3v) is 6.15. The van der Waals surface area contributed by atoms with Gasteiger partial charge in [0.1, 0.15) is 11.7 Å². The lowest BCUT2D eigenvalue weighted by molar-refractivity contribution is 0.613. The van der Waals surface area contributed by atoms with Gasteiger partial charge < -0.3 is 15.6 Å². The van der Waals surface area contributed by atoms with Gasteiger partial charge in [0.15, 0.2) is 11.6 Å². The second-order valence-corrected chi connectivity index (χ2v) is 8.30. The van der Waals surface area contributed by atoms with Gasteiger partial charge in [-0.15, -0.1) is 0 Å². The van der Waals surface area contributed by atoms with E-state index in [0.29, 0.717) is 24.2 Å². The van der Waals surface area contributed by atoms with Crippen molar-refractivity contribution in [2.45, 2.75) is 37.8 Å². The van der Waals surface area contributed by atoms with E-state index in [-0.39, 0.29) is 6.04 Å². The predicted octanol–water partition coefficient (Wildman–Crippen LogP) is 1.70. The van der Waals surface area contributed by atoms with Gasteiger partial charge in [0.25, 0.3) is 0 Å². The Labute approximate surface area is 185 Å². The number of hydrogen-bond acceptors (Lipinski definition) is 9. The van der Waals surface area contributed by atoms with E-state index < -0.39 is 0 Å². The van der Waals surface area contributed by atoms with E-state index in [2.05, 4.69) is 45.5 Å². The number of imidazole rings is 1. The molecule has 3 aromatic rings. The molecule has 0 unspecified atom stereocenters. The third-order valence-electron chi connectivity index (χ3n) is 6.15. The van der Waals surface area contributed by atoms with Gasteiger partial charge in [-0.25, -0.2) is 29.9 Å². The van der Waals surface area contributed by atoms with Crippen molar-refractivity contribution in [2.24, 2.45) is 9.98 Å². The van der Waals surface area contributed by atoms with Crippen molar-refractivity contribution in [3.8, 4) is 22.9 Å². The number of amidine groups is 1. The maximum Gasteiger partial charge on any atom is 0.197 e. The number of aromatic amines is 1. The first-order chi connectivity index (χ1) is 15.8. The van der Waals surface area contributed by atoms with Crippen molar-refractivity contribution >= 4 is 11.5 Å². The van der Waals surface area contributed by atoms with E-state index in [9.17, 15) is 0 Å². The minimum Gasteiger partial charge on any atom is -0.341 e. The fourth-order valence-corrected chi connectivity index (χ4v) is 4.37. The first-order valence-corrected chi connectivity index (χ1v) is 11.1. The smallest absolute Gasteiger partial charge is 0.197 e. The van der Waals surface area contributed by atoms with Gasteiger partial charge in [-0.3, -0.25) is 4.99 Å². The Kier molecular flexibility index (Phi) is 5.00. The highest BCUT2D eigenvalue weighted by Gasteiger charge is 2.24. The molecule has 0 spiro atoms. The van der Waals surface area contributed by atoms with E-state index in [1.807, 2.05) is 6.20 Å². The Morgan fingerprint density at radius 3 is 2.03 bits per heavy atom. The zero-order valence-electron chi connectivity index (χ0n) is 17.6. The molecule has 3 N–H and O–H groups in total. The van der Waals surface area contributed by atoms with Gasteiger partial charge in [0.05, 0.1) is 36.2 Å². The summed E-state index contributed by atoms with van der Waals surface area (Å²) in [6.07, 6.45) is 13.5. The lowest BCUT2D eigenvalue weighted by Gasteiger charge is -2.06. The highest BCUT2D eigenvalue weighted by atomic mass is 15.1. The van der Waals surface area contributed by atoms with Crippen LogP contribution in [-0.2, 0) is 0 Å². The topological polar surface area (TPSA) is 129 Å². The molecule has 2 saturated heterocycles. The van der Waals surface area contributed by atoms with Crippen LogP contribution in [0, 0.1) is 0 Å². The number of H-pyrrole nitrogens is 1. The van der Waals surface area contributed by atoms with Crippen LogP contribution in [0.4, 0.5) is 0 Å². The summed E-state index contributed by atoms with van der Waals surface area (Å²) in [5, 5.41) is 6.89. The van der Waals surface area contributed by atoms with Crippen LogP contribution in [0.5, 0.6) is 0 Å². The first kappa shape index (κ1) is 19.3. The Morgan fingerprint density at radius 2 is 1.38 bits per heavy atom. The minimum absolute atomic E-state index is 0.278. The van der Waals surface area contributed by atoms with Crippen molar-refractivity contribution in [1.82, 2.24) is 40.5 Å². The number of aliphatic imine (C=N–C) groups is 2. The monoisotopic (exact) mass is 428 g/mol. The van der Waals surface area contributed by atoms with Gasteiger partial charge in [-0.2, -0.15) is 0 Å². The summed E-state index contributed by atoms with van der Waals surface area (Å²) in [6.45, 7) is 2.64. The van der Waals surface area contributed by atoms with Crippen molar-refractivity contribution in [1.29, 1.82) is 0 Å². The summed E-state index contributed by atoms with van der Waals surface area (Å²) in [4.78, 5) is 35.0. The van der Waals surface area contributed by atoms with Crippen LogP contribution in [0.2, 0.25) is 0 Å². The van der Waals surface area contributed by atoms with E-state index in [1.165, 1.54) is 12.8 Å². The van der Waals surface area contributed by atoms with Crippen LogP contribution in [0.1, 0.15) is 43.1 Å². The highest BCUT2D eigenvalue weighted by Crippen LogP contribution is 2.24. The molecule has 0 amide bonds. The molecule has 0 radical (unpaired) electrons. The van der Waals surface area contributed by atoms with Crippen molar-refractivity contribution in [2.75, 3.05) is 19.6 Å². The molecule has 0 aromatic carbocycles. The molecule has 6 heterocycles. The van der Waals surface area contributed by atoms with Crippen LogP contribution in [0.3, 0.4) is 0 Å². The third kappa shape index (κ3) is 3.71. The number of nitrogens with one attached hydrogen (secondary N) is 3. The van der Waals surface area contributed by atoms with Crippen LogP contribution >= 0.6 is 0 Å². The summed E-state index contributed by atoms with van der Waals surface area (Å²) < 4.78 is 0. The highest BCUT2D eigenvalue weighted by molar-refractivity contribution is 6.13. The molecule has 3 aliphatic heterocycles. The molecule has 6 rings (SSSR count). The average molecular weight is 429 g/mol. The predicted molar refractivity (Wildman–Crippen MR) is 120 cm³/mol. The standard InChI is InChI=1S/C22H24N10/c1-3-15(23-5-1)19-29-11-17(31-19)13-7-25-21(26-8-13)22-27-9-14(10-28-22)18-12-30-20(32-18)16-4-2-6-24-16/h7-11,15-16,23-24H,1-6,12H2,(H,29,31)/t15-,16-/m0/s1. The van der Waals surface area contributed by atoms with Crippen molar-refractivity contribution < 1.29 is 0 Å². The molecule has 3 aliphatic rings. The SMILES string of the molecule is c1nc(-c2ncc(-c3cnc([C@@H]4CCCN4)[nH]3)cn2)ncc1C1=NC([C@@H]2CCCN2)=NC1. The Hall–Kier alpha value is -3.37. The van der Waals surface area contributed by atoms with Gasteiger partial charge in [0.2, 0.25) is 0 Å². The quantitative estimate of drug-likeness (QED) is 0.564. The number of nitrogens with zero attached hydrogens (tertiary/aromatic N) is 7. The largest absolute Gasteiger partial charge is 0.341 e. The molecule has 3 aromatic heterocycles. The molecule has 2 fully saturated rings. The first-order valence-electron chi connectivity index (χ1n) is 11.1. The molecule has 10 heteroatoms. The maximum absolute atomic E-state index is 4.70. The zero-order chi connectivity index (χ0) is 21.3. The molecule has 10 nitrogen and oxygen atoms in total. The summed E-state index contributed by atoms with van der Waals surface area (Å²) in [6, 6.07) is 0.580. The molecule has 0 saturated carbocycles. The molecule has 162 valence electrons. The van der Waals surface area contributed by atoms with Crippen molar-refractivity contribution in [3.05, 3.63) is 42.4 Å². The van der Waals surface area contributed by atoms with E-state index >= 15 is 0 Å². The van der Waals surface area contributed by atoms with E-state index in [0.717, 1.165) is 60.1 Å². The average Bonchev–Trinajstić information content (AvgIpc) is 3.66. The van der Waals surface area contributed by atoms with E-state index in [1.54, 1.807) is 24.8 Å². The van der Waals surface area contributed by atoms with Crippen molar-refractivity contribution in [3.63, 3.8) is 0 Å². The molecular formula is C22H24N10. The lowest BCUT2D eigenvalue weighted by atomic mass is 10.2. The summed E-state index contributed by atoms with van der Waals surface area (Å²) in [7, 11) is 0. The summed E-state index contributed by atoms with van der Waals surface area (Å²) in [5.74, 6) is 2.83. The summed E-state index contributed by atoms with van der Waals surface area (Å²) >= 11 is 0. The Morgan fingerprint density at radius 1 is 0.719 bits per heavy atom. The minimum atomic E-state index is 0.278.